The molecule has 0 bridgehead atoms. The third kappa shape index (κ3) is 10.6. The minimum absolute atomic E-state index is 0. The summed E-state index contributed by atoms with van der Waals surface area (Å²) < 4.78 is 5.33. The topological polar surface area (TPSA) is 95.1 Å². The maximum absolute atomic E-state index is 12.6. The third-order valence-corrected chi connectivity index (χ3v) is 5.06. The fourth-order valence-corrected chi connectivity index (χ4v) is 3.38. The van der Waals surface area contributed by atoms with Gasteiger partial charge in [-0.05, 0) is 71.6 Å². The van der Waals surface area contributed by atoms with Gasteiger partial charge in [0.25, 0.3) is 5.91 Å². The average Bonchev–Trinajstić information content (AvgIpc) is 2.72. The van der Waals surface area contributed by atoms with E-state index in [4.69, 9.17) is 4.74 Å². The van der Waals surface area contributed by atoms with Crippen LogP contribution in [-0.2, 0) is 11.3 Å². The fraction of sp³-hybridized carbons (Fsp3) is 0.625. The molecule has 1 aromatic carbocycles. The lowest BCUT2D eigenvalue weighted by Crippen LogP contribution is -2.54. The second-order valence-electron chi connectivity index (χ2n) is 9.84. The molecule has 33 heavy (non-hydrogen) atoms. The molecule has 1 saturated heterocycles. The van der Waals surface area contributed by atoms with Gasteiger partial charge in [-0.15, -0.1) is 24.0 Å². The van der Waals surface area contributed by atoms with Gasteiger partial charge in [0.15, 0.2) is 5.96 Å². The van der Waals surface area contributed by atoms with Crippen molar-refractivity contribution in [2.75, 3.05) is 26.7 Å². The van der Waals surface area contributed by atoms with E-state index in [9.17, 15) is 9.59 Å². The monoisotopic (exact) mass is 573 g/mol. The van der Waals surface area contributed by atoms with Gasteiger partial charge in [0.05, 0.1) is 5.54 Å². The summed E-state index contributed by atoms with van der Waals surface area (Å²) in [6.45, 7) is 12.1. The Morgan fingerprint density at radius 2 is 1.61 bits per heavy atom. The number of guanidine groups is 1. The summed E-state index contributed by atoms with van der Waals surface area (Å²) in [5, 5.41) is 9.36. The number of carbonyl (C=O) groups excluding carboxylic acids is 2. The first-order valence-electron chi connectivity index (χ1n) is 11.3. The zero-order valence-electron chi connectivity index (χ0n) is 20.8. The molecule has 0 aromatic heterocycles. The van der Waals surface area contributed by atoms with E-state index in [-0.39, 0.29) is 29.9 Å². The highest BCUT2D eigenvalue weighted by Gasteiger charge is 2.25. The first kappa shape index (κ1) is 29.0. The summed E-state index contributed by atoms with van der Waals surface area (Å²) in [4.78, 5) is 30.8. The highest BCUT2D eigenvalue weighted by molar-refractivity contribution is 14.0. The lowest BCUT2D eigenvalue weighted by molar-refractivity contribution is 0.0473. The number of rotatable bonds is 6. The van der Waals surface area contributed by atoms with E-state index in [1.165, 1.54) is 6.42 Å². The van der Waals surface area contributed by atoms with Gasteiger partial charge in [0, 0.05) is 38.8 Å². The molecule has 0 atom stereocenters. The molecule has 2 rings (SSSR count). The van der Waals surface area contributed by atoms with Gasteiger partial charge >= 0.3 is 6.09 Å². The first-order valence-corrected chi connectivity index (χ1v) is 11.3. The molecule has 1 aliphatic heterocycles. The molecule has 1 aliphatic rings. The Hall–Kier alpha value is -2.04. The zero-order chi connectivity index (χ0) is 23.8. The highest BCUT2D eigenvalue weighted by Crippen LogP contribution is 2.14. The number of piperidine rings is 1. The molecule has 1 heterocycles. The molecule has 3 N–H and O–H groups in total. The van der Waals surface area contributed by atoms with Crippen LogP contribution in [0.25, 0.3) is 0 Å². The number of hydrogen-bond acceptors (Lipinski definition) is 4. The summed E-state index contributed by atoms with van der Waals surface area (Å²) in [6.07, 6.45) is 2.93. The molecule has 0 aliphatic carbocycles. The van der Waals surface area contributed by atoms with Gasteiger partial charge < -0.3 is 25.6 Å². The van der Waals surface area contributed by atoms with Crippen molar-refractivity contribution >= 4 is 41.9 Å². The van der Waals surface area contributed by atoms with Crippen molar-refractivity contribution in [1.29, 1.82) is 0 Å². The summed E-state index contributed by atoms with van der Waals surface area (Å²) in [5.41, 5.74) is 0.706. The molecule has 0 radical (unpaired) electrons. The second-order valence-corrected chi connectivity index (χ2v) is 9.84. The Morgan fingerprint density at radius 1 is 1.00 bits per heavy atom. The number of carbonyl (C=O) groups is 2. The van der Waals surface area contributed by atoms with Gasteiger partial charge in [0.1, 0.15) is 5.60 Å². The zero-order valence-corrected chi connectivity index (χ0v) is 23.1. The van der Waals surface area contributed by atoms with Crippen LogP contribution in [0.3, 0.4) is 0 Å². The molecule has 2 amide bonds. The van der Waals surface area contributed by atoms with Gasteiger partial charge in [-0.2, -0.15) is 0 Å². The van der Waals surface area contributed by atoms with Crippen LogP contribution in [0.4, 0.5) is 4.79 Å². The van der Waals surface area contributed by atoms with Crippen molar-refractivity contribution < 1.29 is 14.3 Å². The van der Waals surface area contributed by atoms with Crippen molar-refractivity contribution in [2.24, 2.45) is 4.99 Å². The van der Waals surface area contributed by atoms with Crippen molar-refractivity contribution in [2.45, 2.75) is 71.6 Å². The van der Waals surface area contributed by atoms with Crippen LogP contribution in [0, 0.1) is 0 Å². The molecule has 1 fully saturated rings. The van der Waals surface area contributed by atoms with Gasteiger partial charge in [-0.25, -0.2) is 4.79 Å². The smallest absolute Gasteiger partial charge is 0.408 e. The summed E-state index contributed by atoms with van der Waals surface area (Å²) in [5.74, 6) is 0.735. The number of halogens is 1. The van der Waals surface area contributed by atoms with Crippen LogP contribution in [0.5, 0.6) is 0 Å². The fourth-order valence-electron chi connectivity index (χ4n) is 3.38. The van der Waals surface area contributed by atoms with Crippen LogP contribution in [-0.4, -0.2) is 60.7 Å². The van der Waals surface area contributed by atoms with Crippen LogP contribution < -0.4 is 16.0 Å². The normalized spacial score (nSPS) is 14.7. The number of hydrogen-bond donors (Lipinski definition) is 3. The molecule has 9 heteroatoms. The number of aliphatic imine (C=N–C) groups is 1. The Labute approximate surface area is 215 Å². The lowest BCUT2D eigenvalue weighted by atomic mass is 10.1. The van der Waals surface area contributed by atoms with Gasteiger partial charge in [0.2, 0.25) is 0 Å². The Kier molecular flexibility index (Phi) is 11.4. The maximum atomic E-state index is 12.6. The average molecular weight is 574 g/mol. The number of benzene rings is 1. The van der Waals surface area contributed by atoms with E-state index in [1.54, 1.807) is 7.05 Å². The Balaban J connectivity index is 0.00000544. The van der Waals surface area contributed by atoms with Crippen LogP contribution >= 0.6 is 24.0 Å². The van der Waals surface area contributed by atoms with E-state index in [2.05, 4.69) is 20.9 Å². The summed E-state index contributed by atoms with van der Waals surface area (Å²) in [6, 6.07) is 7.70. The van der Waals surface area contributed by atoms with Gasteiger partial charge in [-0.1, -0.05) is 12.1 Å². The number of nitrogens with zero attached hydrogens (tertiary/aromatic N) is 2. The highest BCUT2D eigenvalue weighted by atomic mass is 127. The van der Waals surface area contributed by atoms with E-state index in [0.717, 1.165) is 37.1 Å². The number of amides is 2. The van der Waals surface area contributed by atoms with E-state index < -0.39 is 17.2 Å². The lowest BCUT2D eigenvalue weighted by Gasteiger charge is -2.29. The predicted octanol–water partition coefficient (Wildman–Crippen LogP) is 3.90. The third-order valence-electron chi connectivity index (χ3n) is 5.06. The SMILES string of the molecule is CN=C(NCc1ccc(C(=O)N2CCCCC2)cc1)NCC(C)(C)NC(=O)OC(C)(C)C.I. The van der Waals surface area contributed by atoms with Crippen molar-refractivity contribution in [3.05, 3.63) is 35.4 Å². The predicted molar refractivity (Wildman–Crippen MR) is 143 cm³/mol. The first-order chi connectivity index (χ1) is 15.0. The van der Waals surface area contributed by atoms with Gasteiger partial charge in [-0.3, -0.25) is 9.79 Å². The number of likely N-dealkylation sites (tertiary alicyclic amines) is 1. The largest absolute Gasteiger partial charge is 0.444 e. The maximum Gasteiger partial charge on any atom is 0.408 e. The van der Waals surface area contributed by atoms with E-state index in [1.807, 2.05) is 63.8 Å². The minimum atomic E-state index is -0.543. The quantitative estimate of drug-likeness (QED) is 0.273. The molecular weight excluding hydrogens is 533 g/mol. The standard InChI is InChI=1S/C24H39N5O3.HI/c1-23(2,3)32-22(31)28-24(4,5)17-27-21(25-6)26-16-18-10-12-19(13-11-18)20(30)29-14-8-7-9-15-29;/h10-13H,7-9,14-17H2,1-6H3,(H,28,31)(H2,25,26,27);1H. The molecule has 1 aromatic rings. The van der Waals surface area contributed by atoms with Crippen molar-refractivity contribution in [3.8, 4) is 0 Å². The summed E-state index contributed by atoms with van der Waals surface area (Å²) >= 11 is 0. The molecule has 186 valence electrons. The van der Waals surface area contributed by atoms with E-state index in [0.29, 0.717) is 19.0 Å². The van der Waals surface area contributed by atoms with E-state index >= 15 is 0 Å². The summed E-state index contributed by atoms with van der Waals surface area (Å²) in [7, 11) is 1.70. The van der Waals surface area contributed by atoms with Crippen LogP contribution in [0.1, 0.15) is 69.8 Å². The number of ether oxygens (including phenoxy) is 1. The molecule has 0 spiro atoms. The van der Waals surface area contributed by atoms with Crippen LogP contribution in [0.2, 0.25) is 0 Å². The number of alkyl carbamates (subject to hydrolysis) is 1. The molecule has 0 saturated carbocycles. The Morgan fingerprint density at radius 3 is 2.15 bits per heavy atom. The van der Waals surface area contributed by atoms with Crippen molar-refractivity contribution in [3.63, 3.8) is 0 Å². The number of nitrogens with one attached hydrogen (secondary N) is 3. The minimum Gasteiger partial charge on any atom is -0.444 e. The van der Waals surface area contributed by atoms with Crippen LogP contribution in [0.15, 0.2) is 29.3 Å². The Bertz CT molecular complexity index is 797. The second kappa shape index (κ2) is 13.0. The molecule has 8 nitrogen and oxygen atoms in total. The molecular formula is C24H40IN5O3. The molecule has 0 unspecified atom stereocenters. The van der Waals surface area contributed by atoms with Crippen molar-refractivity contribution in [1.82, 2.24) is 20.9 Å².